The normalized spacial score (nSPS) is 44.3. The Morgan fingerprint density at radius 3 is 2.60 bits per heavy atom. The fourth-order valence-electron chi connectivity index (χ4n) is 2.04. The van der Waals surface area contributed by atoms with Crippen LogP contribution in [-0.4, -0.2) is 29.8 Å². The average molecular weight is 160 g/mol. The number of carbonyl (C=O) groups is 1. The van der Waals surface area contributed by atoms with Gasteiger partial charge in [-0.3, -0.25) is 4.79 Å². The minimum absolute atomic E-state index is 0.132. The lowest BCUT2D eigenvalue weighted by molar-refractivity contribution is -0.116. The number of rotatable bonds is 1. The third kappa shape index (κ3) is 0.867. The summed E-state index contributed by atoms with van der Waals surface area (Å²) in [5.74, 6) is 0.723. The molecule has 56 valence electrons. The maximum Gasteiger partial charge on any atom is 0.226 e. The molecule has 2 heterocycles. The van der Waals surface area contributed by atoms with Crippen LogP contribution in [0.1, 0.15) is 6.42 Å². The van der Waals surface area contributed by atoms with E-state index in [1.807, 2.05) is 0 Å². The fourth-order valence-corrected chi connectivity index (χ4v) is 2.29. The van der Waals surface area contributed by atoms with Gasteiger partial charge in [0.25, 0.3) is 0 Å². The van der Waals surface area contributed by atoms with Gasteiger partial charge in [-0.1, -0.05) is 0 Å². The molecule has 2 bridgehead atoms. The van der Waals surface area contributed by atoms with E-state index >= 15 is 0 Å². The van der Waals surface area contributed by atoms with Crippen molar-refractivity contribution < 1.29 is 4.79 Å². The van der Waals surface area contributed by atoms with Crippen molar-refractivity contribution in [3.63, 3.8) is 0 Å². The van der Waals surface area contributed by atoms with Crippen LogP contribution in [0.4, 0.5) is 0 Å². The number of hydrogen-bond donors (Lipinski definition) is 0. The van der Waals surface area contributed by atoms with E-state index in [0.717, 1.165) is 13.1 Å². The molecule has 3 heteroatoms. The molecule has 2 nitrogen and oxygen atoms in total. The van der Waals surface area contributed by atoms with Gasteiger partial charge in [-0.05, 0) is 30.5 Å². The van der Waals surface area contributed by atoms with Crippen LogP contribution < -0.4 is 0 Å². The van der Waals surface area contributed by atoms with E-state index in [1.165, 1.54) is 13.0 Å². The van der Waals surface area contributed by atoms with Gasteiger partial charge in [0.15, 0.2) is 0 Å². The average Bonchev–Trinajstić information content (AvgIpc) is 2.44. The summed E-state index contributed by atoms with van der Waals surface area (Å²) < 4.78 is 0. The lowest BCUT2D eigenvalue weighted by atomic mass is 9.94. The van der Waals surface area contributed by atoms with Crippen LogP contribution in [0.3, 0.4) is 0 Å². The van der Waals surface area contributed by atoms with Crippen LogP contribution >= 0.6 is 11.6 Å². The first-order valence-electron chi connectivity index (χ1n) is 3.69. The van der Waals surface area contributed by atoms with Gasteiger partial charge < -0.3 is 4.90 Å². The monoisotopic (exact) mass is 159 g/mol. The second kappa shape index (κ2) is 2.21. The van der Waals surface area contributed by atoms with E-state index < -0.39 is 0 Å². The van der Waals surface area contributed by atoms with E-state index in [2.05, 4.69) is 4.90 Å². The third-order valence-corrected chi connectivity index (χ3v) is 2.90. The van der Waals surface area contributed by atoms with Crippen molar-refractivity contribution >= 4 is 16.8 Å². The Morgan fingerprint density at radius 1 is 1.50 bits per heavy atom. The summed E-state index contributed by atoms with van der Waals surface area (Å²) >= 11 is 5.41. The molecule has 2 aliphatic rings. The van der Waals surface area contributed by atoms with Gasteiger partial charge in [0.1, 0.15) is 0 Å². The van der Waals surface area contributed by atoms with Crippen molar-refractivity contribution in [2.24, 2.45) is 11.8 Å². The fraction of sp³-hybridized carbons (Fsp3) is 0.857. The molecule has 0 aromatic carbocycles. The number of piperidine rings is 1. The lowest BCUT2D eigenvalue weighted by Gasteiger charge is -2.17. The largest absolute Gasteiger partial charge is 0.302 e. The summed E-state index contributed by atoms with van der Waals surface area (Å²) in [6, 6.07) is 0. The SMILES string of the molecule is O=C(Cl)C1CN2CCC1C2. The van der Waals surface area contributed by atoms with Crippen LogP contribution in [0.5, 0.6) is 0 Å². The maximum absolute atomic E-state index is 10.8. The summed E-state index contributed by atoms with van der Waals surface area (Å²) in [6.07, 6.45) is 1.17. The predicted molar refractivity (Wildman–Crippen MR) is 38.9 cm³/mol. The van der Waals surface area contributed by atoms with Gasteiger partial charge in [0.2, 0.25) is 5.24 Å². The zero-order valence-electron chi connectivity index (χ0n) is 5.72. The molecule has 0 radical (unpaired) electrons. The predicted octanol–water partition coefficient (Wildman–Crippen LogP) is 0.704. The van der Waals surface area contributed by atoms with Crippen LogP contribution in [0.2, 0.25) is 0 Å². The Morgan fingerprint density at radius 2 is 2.30 bits per heavy atom. The van der Waals surface area contributed by atoms with E-state index in [9.17, 15) is 4.79 Å². The standard InChI is InChI=1S/C7H10ClNO/c8-7(10)6-4-9-2-1-5(6)3-9/h5-6H,1-4H2. The molecule has 0 aromatic heterocycles. The minimum atomic E-state index is -0.132. The van der Waals surface area contributed by atoms with Gasteiger partial charge >= 0.3 is 0 Å². The molecular weight excluding hydrogens is 150 g/mol. The van der Waals surface area contributed by atoms with Crippen LogP contribution in [0, 0.1) is 11.8 Å². The van der Waals surface area contributed by atoms with Crippen LogP contribution in [0.25, 0.3) is 0 Å². The molecule has 3 atom stereocenters. The highest BCUT2D eigenvalue weighted by atomic mass is 35.5. The van der Waals surface area contributed by atoms with Gasteiger partial charge in [-0.2, -0.15) is 0 Å². The Hall–Kier alpha value is -0.0800. The molecule has 2 saturated heterocycles. The molecule has 0 amide bonds. The first kappa shape index (κ1) is 6.62. The van der Waals surface area contributed by atoms with Crippen molar-refractivity contribution in [1.82, 2.24) is 4.90 Å². The number of halogens is 1. The first-order chi connectivity index (χ1) is 4.77. The van der Waals surface area contributed by atoms with Gasteiger partial charge in [0, 0.05) is 19.0 Å². The molecule has 0 spiro atoms. The molecule has 3 unspecified atom stereocenters. The highest BCUT2D eigenvalue weighted by Crippen LogP contribution is 2.33. The van der Waals surface area contributed by atoms with Crippen molar-refractivity contribution in [3.8, 4) is 0 Å². The second-order valence-corrected chi connectivity index (χ2v) is 3.59. The third-order valence-electron chi connectivity index (χ3n) is 2.62. The molecular formula is C7H10ClNO. The highest BCUT2D eigenvalue weighted by molar-refractivity contribution is 6.64. The zero-order chi connectivity index (χ0) is 7.14. The molecule has 10 heavy (non-hydrogen) atoms. The molecule has 0 N–H and O–H groups in total. The van der Waals surface area contributed by atoms with Crippen LogP contribution in [0.15, 0.2) is 0 Å². The number of nitrogens with zero attached hydrogens (tertiary/aromatic N) is 1. The van der Waals surface area contributed by atoms with E-state index in [4.69, 9.17) is 11.6 Å². The Labute approximate surface area is 65.1 Å². The Kier molecular flexibility index (Phi) is 1.46. The smallest absolute Gasteiger partial charge is 0.226 e. The van der Waals surface area contributed by atoms with Crippen molar-refractivity contribution in [2.75, 3.05) is 19.6 Å². The van der Waals surface area contributed by atoms with E-state index in [1.54, 1.807) is 0 Å². The quantitative estimate of drug-likeness (QED) is 0.525. The highest BCUT2D eigenvalue weighted by Gasteiger charge is 2.40. The number of hydrogen-bond acceptors (Lipinski definition) is 2. The van der Waals surface area contributed by atoms with E-state index in [-0.39, 0.29) is 11.2 Å². The lowest BCUT2D eigenvalue weighted by Crippen LogP contribution is -2.26. The van der Waals surface area contributed by atoms with E-state index in [0.29, 0.717) is 5.92 Å². The van der Waals surface area contributed by atoms with Crippen molar-refractivity contribution in [1.29, 1.82) is 0 Å². The summed E-state index contributed by atoms with van der Waals surface area (Å²) in [5.41, 5.74) is 0. The van der Waals surface area contributed by atoms with Crippen molar-refractivity contribution in [3.05, 3.63) is 0 Å². The molecule has 0 aromatic rings. The molecule has 2 rings (SSSR count). The zero-order valence-corrected chi connectivity index (χ0v) is 6.47. The van der Waals surface area contributed by atoms with Crippen LogP contribution in [-0.2, 0) is 4.79 Å². The first-order valence-corrected chi connectivity index (χ1v) is 4.07. The number of carbonyl (C=O) groups excluding carboxylic acids is 1. The minimum Gasteiger partial charge on any atom is -0.302 e. The maximum atomic E-state index is 10.8. The topological polar surface area (TPSA) is 20.3 Å². The van der Waals surface area contributed by atoms with Gasteiger partial charge in [-0.25, -0.2) is 0 Å². The second-order valence-electron chi connectivity index (χ2n) is 3.22. The van der Waals surface area contributed by atoms with Gasteiger partial charge in [0.05, 0.1) is 0 Å². The summed E-state index contributed by atoms with van der Waals surface area (Å²) in [5, 5.41) is -0.132. The van der Waals surface area contributed by atoms with Crippen molar-refractivity contribution in [2.45, 2.75) is 6.42 Å². The Balaban J connectivity index is 2.08. The molecule has 2 aliphatic heterocycles. The molecule has 0 aliphatic carbocycles. The Bertz CT molecular complexity index is 171. The summed E-state index contributed by atoms with van der Waals surface area (Å²) in [4.78, 5) is 13.1. The molecule has 0 saturated carbocycles. The molecule has 2 fully saturated rings. The summed E-state index contributed by atoms with van der Waals surface area (Å²) in [7, 11) is 0. The van der Waals surface area contributed by atoms with Gasteiger partial charge in [-0.15, -0.1) is 0 Å². The number of fused-ring (bicyclic) bond motifs is 2. The summed E-state index contributed by atoms with van der Waals surface area (Å²) in [6.45, 7) is 3.18.